The molecular formula is C13H18N2O2S. The van der Waals surface area contributed by atoms with Gasteiger partial charge in [-0.1, -0.05) is 32.0 Å². The van der Waals surface area contributed by atoms with E-state index in [1.807, 2.05) is 19.9 Å². The Kier molecular flexibility index (Phi) is 5.32. The minimum absolute atomic E-state index is 0.144. The third-order valence-electron chi connectivity index (χ3n) is 2.53. The number of benzene rings is 1. The summed E-state index contributed by atoms with van der Waals surface area (Å²) in [6, 6.07) is 8.75. The quantitative estimate of drug-likeness (QED) is 0.856. The van der Waals surface area contributed by atoms with Gasteiger partial charge in [0.2, 0.25) is 10.0 Å². The standard InChI is InChI=1S/C13H18N2O2S/c1-11(2)7-8-15-18(16,17)10-13-6-4-3-5-12(13)9-14/h3-6,11,15H,7-8,10H2,1-2H3. The van der Waals surface area contributed by atoms with Gasteiger partial charge in [-0.3, -0.25) is 0 Å². The summed E-state index contributed by atoms with van der Waals surface area (Å²) < 4.78 is 26.2. The third-order valence-corrected chi connectivity index (χ3v) is 3.86. The Bertz CT molecular complexity index is 530. The van der Waals surface area contributed by atoms with Crippen LogP contribution in [0, 0.1) is 17.2 Å². The van der Waals surface area contributed by atoms with E-state index < -0.39 is 10.0 Å². The van der Waals surface area contributed by atoms with Crippen molar-refractivity contribution in [3.8, 4) is 6.07 Å². The predicted octanol–water partition coefficient (Wildman–Crippen LogP) is 2.02. The lowest BCUT2D eigenvalue weighted by Gasteiger charge is -2.09. The number of nitriles is 1. The first-order valence-corrected chi connectivity index (χ1v) is 7.55. The van der Waals surface area contributed by atoms with Gasteiger partial charge in [0.15, 0.2) is 0 Å². The SMILES string of the molecule is CC(C)CCNS(=O)(=O)Cc1ccccc1C#N. The number of nitrogens with one attached hydrogen (secondary N) is 1. The molecule has 18 heavy (non-hydrogen) atoms. The van der Waals surface area contributed by atoms with Gasteiger partial charge < -0.3 is 0 Å². The molecule has 0 aromatic heterocycles. The van der Waals surface area contributed by atoms with Crippen LogP contribution in [0.1, 0.15) is 31.4 Å². The number of sulfonamides is 1. The second-order valence-electron chi connectivity index (χ2n) is 4.60. The lowest BCUT2D eigenvalue weighted by atomic mass is 10.1. The molecule has 0 spiro atoms. The van der Waals surface area contributed by atoms with Crippen molar-refractivity contribution in [3.05, 3.63) is 35.4 Å². The zero-order valence-electron chi connectivity index (χ0n) is 10.7. The molecule has 0 atom stereocenters. The van der Waals surface area contributed by atoms with Gasteiger partial charge in [0.1, 0.15) is 0 Å². The van der Waals surface area contributed by atoms with E-state index in [1.54, 1.807) is 24.3 Å². The first-order valence-electron chi connectivity index (χ1n) is 5.90. The Morgan fingerprint density at radius 3 is 2.61 bits per heavy atom. The fourth-order valence-corrected chi connectivity index (χ4v) is 2.71. The summed E-state index contributed by atoms with van der Waals surface area (Å²) in [5.74, 6) is 0.313. The molecule has 1 aromatic rings. The summed E-state index contributed by atoms with van der Waals surface area (Å²) in [7, 11) is -3.36. The molecule has 0 heterocycles. The molecule has 1 aromatic carbocycles. The van der Waals surface area contributed by atoms with Crippen LogP contribution in [0.25, 0.3) is 0 Å². The molecule has 0 aliphatic heterocycles. The number of nitrogens with zero attached hydrogens (tertiary/aromatic N) is 1. The number of rotatable bonds is 6. The fourth-order valence-electron chi connectivity index (χ4n) is 1.51. The van der Waals surface area contributed by atoms with Gasteiger partial charge in [0.05, 0.1) is 17.4 Å². The van der Waals surface area contributed by atoms with E-state index in [0.29, 0.717) is 23.6 Å². The molecule has 0 fully saturated rings. The molecule has 1 rings (SSSR count). The largest absolute Gasteiger partial charge is 0.215 e. The maximum Gasteiger partial charge on any atom is 0.215 e. The van der Waals surface area contributed by atoms with Crippen LogP contribution in [0.5, 0.6) is 0 Å². The minimum atomic E-state index is -3.36. The van der Waals surface area contributed by atoms with Gasteiger partial charge in [0.25, 0.3) is 0 Å². The van der Waals surface area contributed by atoms with Crippen LogP contribution in [0.2, 0.25) is 0 Å². The van der Waals surface area contributed by atoms with Crippen LogP contribution in [-0.2, 0) is 15.8 Å². The molecule has 0 saturated carbocycles. The average Bonchev–Trinajstić information content (AvgIpc) is 2.28. The molecule has 5 heteroatoms. The smallest absolute Gasteiger partial charge is 0.215 e. The maximum absolute atomic E-state index is 11.8. The molecule has 0 amide bonds. The van der Waals surface area contributed by atoms with Gasteiger partial charge in [0, 0.05) is 6.54 Å². The van der Waals surface area contributed by atoms with E-state index in [-0.39, 0.29) is 5.75 Å². The topological polar surface area (TPSA) is 70.0 Å². The Labute approximate surface area is 109 Å². The van der Waals surface area contributed by atoms with Crippen molar-refractivity contribution in [2.75, 3.05) is 6.54 Å². The highest BCUT2D eigenvalue weighted by atomic mass is 32.2. The number of hydrogen-bond donors (Lipinski definition) is 1. The lowest BCUT2D eigenvalue weighted by molar-refractivity contribution is 0.551. The maximum atomic E-state index is 11.8. The molecule has 0 saturated heterocycles. The third kappa shape index (κ3) is 4.86. The summed E-state index contributed by atoms with van der Waals surface area (Å²) in [6.45, 7) is 4.52. The summed E-state index contributed by atoms with van der Waals surface area (Å²) >= 11 is 0. The molecule has 0 radical (unpaired) electrons. The van der Waals surface area contributed by atoms with E-state index in [4.69, 9.17) is 5.26 Å². The summed E-state index contributed by atoms with van der Waals surface area (Å²) in [5, 5.41) is 8.90. The van der Waals surface area contributed by atoms with Gasteiger partial charge >= 0.3 is 0 Å². The normalized spacial score (nSPS) is 11.4. The molecular weight excluding hydrogens is 248 g/mol. The molecule has 0 aliphatic carbocycles. The summed E-state index contributed by atoms with van der Waals surface area (Å²) in [5.41, 5.74) is 0.948. The predicted molar refractivity (Wildman–Crippen MR) is 71.2 cm³/mol. The fraction of sp³-hybridized carbons (Fsp3) is 0.462. The van der Waals surface area contributed by atoms with E-state index in [9.17, 15) is 8.42 Å². The zero-order valence-corrected chi connectivity index (χ0v) is 11.5. The zero-order chi connectivity index (χ0) is 13.6. The van der Waals surface area contributed by atoms with Crippen molar-refractivity contribution in [2.24, 2.45) is 5.92 Å². The van der Waals surface area contributed by atoms with Crippen LogP contribution in [0.15, 0.2) is 24.3 Å². The molecule has 1 N–H and O–H groups in total. The second kappa shape index (κ2) is 6.53. The minimum Gasteiger partial charge on any atom is -0.215 e. The van der Waals surface area contributed by atoms with Crippen LogP contribution in [0.3, 0.4) is 0 Å². The Hall–Kier alpha value is -1.38. The molecule has 0 bridgehead atoms. The molecule has 4 nitrogen and oxygen atoms in total. The van der Waals surface area contributed by atoms with Crippen LogP contribution in [0.4, 0.5) is 0 Å². The van der Waals surface area contributed by atoms with Crippen molar-refractivity contribution < 1.29 is 8.42 Å². The van der Waals surface area contributed by atoms with Gasteiger partial charge in [-0.05, 0) is 24.0 Å². The van der Waals surface area contributed by atoms with Gasteiger partial charge in [-0.25, -0.2) is 13.1 Å². The Balaban J connectivity index is 2.68. The highest BCUT2D eigenvalue weighted by molar-refractivity contribution is 7.88. The highest BCUT2D eigenvalue weighted by Gasteiger charge is 2.13. The van der Waals surface area contributed by atoms with E-state index >= 15 is 0 Å². The molecule has 0 aliphatic rings. The van der Waals surface area contributed by atoms with E-state index in [1.165, 1.54) is 0 Å². The van der Waals surface area contributed by atoms with Crippen molar-refractivity contribution in [3.63, 3.8) is 0 Å². The van der Waals surface area contributed by atoms with Crippen molar-refractivity contribution in [2.45, 2.75) is 26.0 Å². The van der Waals surface area contributed by atoms with E-state index in [2.05, 4.69) is 4.72 Å². The van der Waals surface area contributed by atoms with Crippen LogP contribution < -0.4 is 4.72 Å². The monoisotopic (exact) mass is 266 g/mol. The summed E-state index contributed by atoms with van der Waals surface area (Å²) in [4.78, 5) is 0. The van der Waals surface area contributed by atoms with Gasteiger partial charge in [-0.2, -0.15) is 5.26 Å². The Morgan fingerprint density at radius 1 is 1.33 bits per heavy atom. The van der Waals surface area contributed by atoms with Crippen molar-refractivity contribution in [1.82, 2.24) is 4.72 Å². The Morgan fingerprint density at radius 2 is 2.00 bits per heavy atom. The summed E-state index contributed by atoms with van der Waals surface area (Å²) in [6.07, 6.45) is 0.805. The first-order chi connectivity index (χ1) is 8.44. The second-order valence-corrected chi connectivity index (χ2v) is 6.41. The van der Waals surface area contributed by atoms with Gasteiger partial charge in [-0.15, -0.1) is 0 Å². The van der Waals surface area contributed by atoms with Crippen molar-refractivity contribution >= 4 is 10.0 Å². The van der Waals surface area contributed by atoms with Crippen LogP contribution in [-0.4, -0.2) is 15.0 Å². The average molecular weight is 266 g/mol. The lowest BCUT2D eigenvalue weighted by Crippen LogP contribution is -2.27. The van der Waals surface area contributed by atoms with E-state index in [0.717, 1.165) is 6.42 Å². The first kappa shape index (κ1) is 14.7. The highest BCUT2D eigenvalue weighted by Crippen LogP contribution is 2.11. The molecule has 98 valence electrons. The van der Waals surface area contributed by atoms with Crippen LogP contribution >= 0.6 is 0 Å². The van der Waals surface area contributed by atoms with Crippen molar-refractivity contribution in [1.29, 1.82) is 5.26 Å². The molecule has 0 unspecified atom stereocenters. The number of hydrogen-bond acceptors (Lipinski definition) is 3.